The molecule has 6 rings (SSSR count). The SMILES string of the molecule is COCOc1cc(-c2cnn(C3CCCCO3)c2)ccc1-c1cc2nc(C)n(C3CC(C)(C)NC(C)(C)C3)c2nn1. The molecule has 10 heteroatoms. The van der Waals surface area contributed by atoms with Gasteiger partial charge in [0.05, 0.1) is 11.9 Å². The Balaban J connectivity index is 1.33. The molecule has 0 radical (unpaired) electrons. The van der Waals surface area contributed by atoms with Crippen LogP contribution in [0.2, 0.25) is 0 Å². The number of nitrogens with zero attached hydrogens (tertiary/aromatic N) is 6. The van der Waals surface area contributed by atoms with E-state index in [-0.39, 0.29) is 30.1 Å². The maximum Gasteiger partial charge on any atom is 0.188 e. The summed E-state index contributed by atoms with van der Waals surface area (Å²) in [5.74, 6) is 1.62. The molecule has 1 unspecified atom stereocenters. The predicted octanol–water partition coefficient (Wildman–Crippen LogP) is 5.83. The zero-order valence-electron chi connectivity index (χ0n) is 25.0. The van der Waals surface area contributed by atoms with Crippen molar-refractivity contribution in [2.24, 2.45) is 0 Å². The molecule has 2 aliphatic rings. The van der Waals surface area contributed by atoms with Gasteiger partial charge in [-0.2, -0.15) is 5.10 Å². The Morgan fingerprint density at radius 1 is 1.05 bits per heavy atom. The average molecular weight is 560 g/mol. The third-order valence-corrected chi connectivity index (χ3v) is 8.12. The molecule has 41 heavy (non-hydrogen) atoms. The summed E-state index contributed by atoms with van der Waals surface area (Å²) >= 11 is 0. The molecular formula is C31H41N7O3. The standard InChI is InChI=1S/C31H41N7O3/c1-20-33-26-14-25(34-35-29(26)38(20)23-15-30(2,3)36-31(4,5)16-23)24-11-10-21(13-27(24)41-19-39-6)22-17-32-37(18-22)28-9-7-8-12-40-28/h10-11,13-14,17-18,23,28,36H,7-9,12,15-16,19H2,1-6H3. The van der Waals surface area contributed by atoms with Crippen LogP contribution in [-0.2, 0) is 9.47 Å². The van der Waals surface area contributed by atoms with Crippen LogP contribution in [-0.4, -0.2) is 61.1 Å². The van der Waals surface area contributed by atoms with Crippen LogP contribution in [0.15, 0.2) is 36.7 Å². The van der Waals surface area contributed by atoms with Crippen molar-refractivity contribution in [3.63, 3.8) is 0 Å². The van der Waals surface area contributed by atoms with Crippen molar-refractivity contribution in [3.8, 4) is 28.1 Å². The number of benzene rings is 1. The summed E-state index contributed by atoms with van der Waals surface area (Å²) in [4.78, 5) is 4.93. The number of nitrogens with one attached hydrogen (secondary N) is 1. The summed E-state index contributed by atoms with van der Waals surface area (Å²) in [6, 6.07) is 8.38. The van der Waals surface area contributed by atoms with Crippen molar-refractivity contribution in [3.05, 3.63) is 42.5 Å². The van der Waals surface area contributed by atoms with Gasteiger partial charge in [0.1, 0.15) is 23.3 Å². The van der Waals surface area contributed by atoms with Crippen LogP contribution in [0.1, 0.15) is 77.9 Å². The molecule has 10 nitrogen and oxygen atoms in total. The van der Waals surface area contributed by atoms with E-state index in [1.165, 1.54) is 0 Å². The molecule has 3 aromatic heterocycles. The first kappa shape index (κ1) is 27.8. The third kappa shape index (κ3) is 5.73. The Morgan fingerprint density at radius 2 is 1.85 bits per heavy atom. The molecular weight excluding hydrogens is 518 g/mol. The summed E-state index contributed by atoms with van der Waals surface area (Å²) in [7, 11) is 1.61. The number of hydrogen-bond donors (Lipinski definition) is 1. The minimum atomic E-state index is -0.00623. The first-order chi connectivity index (χ1) is 19.6. The number of methoxy groups -OCH3 is 1. The fourth-order valence-electron chi connectivity index (χ4n) is 6.76. The van der Waals surface area contributed by atoms with Crippen molar-refractivity contribution in [2.45, 2.75) is 90.1 Å². The van der Waals surface area contributed by atoms with Gasteiger partial charge in [-0.15, -0.1) is 10.2 Å². The molecule has 1 N–H and O–H groups in total. The molecule has 2 fully saturated rings. The van der Waals surface area contributed by atoms with E-state index in [4.69, 9.17) is 24.3 Å². The minimum absolute atomic E-state index is 0.00623. The molecule has 0 aliphatic carbocycles. The van der Waals surface area contributed by atoms with Gasteiger partial charge in [-0.3, -0.25) is 0 Å². The number of aromatic nitrogens is 6. The number of piperidine rings is 1. The van der Waals surface area contributed by atoms with E-state index in [1.54, 1.807) is 7.11 Å². The highest BCUT2D eigenvalue weighted by atomic mass is 16.7. The third-order valence-electron chi connectivity index (χ3n) is 8.12. The van der Waals surface area contributed by atoms with Gasteiger partial charge >= 0.3 is 0 Å². The van der Waals surface area contributed by atoms with Gasteiger partial charge in [0.25, 0.3) is 0 Å². The molecule has 1 aromatic carbocycles. The van der Waals surface area contributed by atoms with E-state index in [0.29, 0.717) is 11.4 Å². The monoisotopic (exact) mass is 559 g/mol. The van der Waals surface area contributed by atoms with E-state index in [9.17, 15) is 0 Å². The van der Waals surface area contributed by atoms with Crippen LogP contribution in [0.3, 0.4) is 0 Å². The van der Waals surface area contributed by atoms with E-state index in [1.807, 2.05) is 35.3 Å². The lowest BCUT2D eigenvalue weighted by atomic mass is 9.79. The summed E-state index contributed by atoms with van der Waals surface area (Å²) < 4.78 is 21.4. The highest BCUT2D eigenvalue weighted by Gasteiger charge is 2.39. The molecule has 5 heterocycles. The van der Waals surface area contributed by atoms with E-state index in [2.05, 4.69) is 60.8 Å². The zero-order valence-corrected chi connectivity index (χ0v) is 25.0. The summed E-state index contributed by atoms with van der Waals surface area (Å²) in [5.41, 5.74) is 5.20. The van der Waals surface area contributed by atoms with Crippen LogP contribution in [0.4, 0.5) is 0 Å². The number of fused-ring (bicyclic) bond motifs is 1. The summed E-state index contributed by atoms with van der Waals surface area (Å²) in [6.45, 7) is 12.0. The van der Waals surface area contributed by atoms with E-state index >= 15 is 0 Å². The molecule has 2 saturated heterocycles. The summed E-state index contributed by atoms with van der Waals surface area (Å²) in [6.07, 6.45) is 9.13. The molecule has 2 aliphatic heterocycles. The number of imidazole rings is 1. The second-order valence-corrected chi connectivity index (χ2v) is 12.7. The lowest BCUT2D eigenvalue weighted by molar-refractivity contribution is -0.0394. The minimum Gasteiger partial charge on any atom is -0.467 e. The van der Waals surface area contributed by atoms with Crippen LogP contribution < -0.4 is 10.1 Å². The van der Waals surface area contributed by atoms with Gasteiger partial charge in [0.2, 0.25) is 0 Å². The summed E-state index contributed by atoms with van der Waals surface area (Å²) in [5, 5.41) is 17.7. The highest BCUT2D eigenvalue weighted by molar-refractivity contribution is 5.80. The van der Waals surface area contributed by atoms with Crippen molar-refractivity contribution in [1.82, 2.24) is 34.8 Å². The molecule has 218 valence electrons. The molecule has 0 spiro atoms. The number of rotatable bonds is 7. The zero-order chi connectivity index (χ0) is 28.8. The lowest BCUT2D eigenvalue weighted by Gasteiger charge is -2.47. The van der Waals surface area contributed by atoms with Crippen LogP contribution in [0.5, 0.6) is 5.75 Å². The maximum absolute atomic E-state index is 6.03. The Kier molecular flexibility index (Phi) is 7.33. The van der Waals surface area contributed by atoms with Crippen molar-refractivity contribution < 1.29 is 14.2 Å². The van der Waals surface area contributed by atoms with Gasteiger partial charge in [-0.1, -0.05) is 6.07 Å². The molecule has 0 saturated carbocycles. The largest absolute Gasteiger partial charge is 0.467 e. The first-order valence-corrected chi connectivity index (χ1v) is 14.6. The van der Waals surface area contributed by atoms with E-state index in [0.717, 1.165) is 72.4 Å². The second-order valence-electron chi connectivity index (χ2n) is 12.7. The lowest BCUT2D eigenvalue weighted by Crippen LogP contribution is -2.58. The second kappa shape index (κ2) is 10.8. The molecule has 0 bridgehead atoms. The number of ether oxygens (including phenoxy) is 3. The van der Waals surface area contributed by atoms with Crippen molar-refractivity contribution in [1.29, 1.82) is 0 Å². The quantitative estimate of drug-likeness (QED) is 0.282. The fourth-order valence-corrected chi connectivity index (χ4v) is 6.76. The van der Waals surface area contributed by atoms with Crippen LogP contribution in [0.25, 0.3) is 33.5 Å². The number of aryl methyl sites for hydroxylation is 1. The number of hydrogen-bond acceptors (Lipinski definition) is 8. The predicted molar refractivity (Wildman–Crippen MR) is 158 cm³/mol. The molecule has 4 aromatic rings. The normalized spacial score (nSPS) is 20.9. The maximum atomic E-state index is 6.03. The Morgan fingerprint density at radius 3 is 2.59 bits per heavy atom. The smallest absolute Gasteiger partial charge is 0.188 e. The Hall–Kier alpha value is -3.34. The Labute approximate surface area is 241 Å². The highest BCUT2D eigenvalue weighted by Crippen LogP contribution is 2.39. The fraction of sp³-hybridized carbons (Fsp3) is 0.548. The Bertz CT molecular complexity index is 1520. The van der Waals surface area contributed by atoms with Gasteiger partial charge in [0.15, 0.2) is 12.4 Å². The molecule has 0 amide bonds. The van der Waals surface area contributed by atoms with Gasteiger partial charge < -0.3 is 24.1 Å². The van der Waals surface area contributed by atoms with Crippen LogP contribution >= 0.6 is 0 Å². The van der Waals surface area contributed by atoms with Crippen LogP contribution in [0, 0.1) is 6.92 Å². The average Bonchev–Trinajstić information content (AvgIpc) is 3.54. The van der Waals surface area contributed by atoms with Gasteiger partial charge in [0, 0.05) is 48.2 Å². The van der Waals surface area contributed by atoms with Gasteiger partial charge in [-0.05, 0) is 90.5 Å². The van der Waals surface area contributed by atoms with Crippen molar-refractivity contribution in [2.75, 3.05) is 20.5 Å². The van der Waals surface area contributed by atoms with E-state index < -0.39 is 0 Å². The van der Waals surface area contributed by atoms with Gasteiger partial charge in [-0.25, -0.2) is 9.67 Å². The first-order valence-electron chi connectivity index (χ1n) is 14.6. The molecule has 1 atom stereocenters. The van der Waals surface area contributed by atoms with Crippen molar-refractivity contribution >= 4 is 11.2 Å². The topological polar surface area (TPSA) is 101 Å².